The lowest BCUT2D eigenvalue weighted by Crippen LogP contribution is -2.44. The Balaban J connectivity index is 1.60. The highest BCUT2D eigenvalue weighted by molar-refractivity contribution is 9.10. The lowest BCUT2D eigenvalue weighted by Gasteiger charge is -2.29. The molecular formula is C35H34BrCl4FN2O6. The number of amides is 3. The minimum absolute atomic E-state index is 0.00544. The normalized spacial score (nSPS) is 16.8. The molecule has 0 aromatic heterocycles. The predicted molar refractivity (Wildman–Crippen MR) is 194 cm³/mol. The number of hydrogen-bond donors (Lipinski definition) is 1. The second kappa shape index (κ2) is 14.4. The van der Waals surface area contributed by atoms with Gasteiger partial charge in [-0.1, -0.05) is 41.4 Å². The summed E-state index contributed by atoms with van der Waals surface area (Å²) in [7, 11) is 0. The number of carbonyl (C=O) groups is 4. The molecular weight excluding hydrogens is 785 g/mol. The maximum absolute atomic E-state index is 16.3. The molecule has 14 heteroatoms. The van der Waals surface area contributed by atoms with E-state index in [2.05, 4.69) is 21.2 Å². The van der Waals surface area contributed by atoms with Crippen molar-refractivity contribution in [3.8, 4) is 0 Å². The van der Waals surface area contributed by atoms with E-state index in [0.717, 1.165) is 0 Å². The maximum Gasteiger partial charge on any atom is 0.424 e. The molecule has 1 saturated carbocycles. The van der Waals surface area contributed by atoms with Gasteiger partial charge in [0.25, 0.3) is 0 Å². The quantitative estimate of drug-likeness (QED) is 0.188. The van der Waals surface area contributed by atoms with Crippen LogP contribution in [0.15, 0.2) is 53.0 Å². The molecule has 49 heavy (non-hydrogen) atoms. The highest BCUT2D eigenvalue weighted by atomic mass is 79.9. The van der Waals surface area contributed by atoms with Crippen molar-refractivity contribution in [1.29, 1.82) is 0 Å². The predicted octanol–water partition coefficient (Wildman–Crippen LogP) is 10.8. The number of Topliss-reactive ketones (excluding diaryl/α,β-unsaturated/α-hetero) is 1. The van der Waals surface area contributed by atoms with Crippen molar-refractivity contribution >= 4 is 97.6 Å². The number of ketones is 1. The van der Waals surface area contributed by atoms with Crippen molar-refractivity contribution in [1.82, 2.24) is 0 Å². The lowest BCUT2D eigenvalue weighted by molar-refractivity contribution is -0.117. The fourth-order valence-corrected chi connectivity index (χ4v) is 6.63. The number of alkyl halides is 2. The van der Waals surface area contributed by atoms with E-state index < -0.39 is 69.2 Å². The minimum atomic E-state index is -1.38. The Morgan fingerprint density at radius 3 is 2.02 bits per heavy atom. The van der Waals surface area contributed by atoms with Gasteiger partial charge < -0.3 is 14.8 Å². The number of hydrogen-bond acceptors (Lipinski definition) is 6. The molecule has 3 amide bonds. The number of ether oxygens (including phenoxy) is 2. The molecule has 1 aliphatic carbocycles. The van der Waals surface area contributed by atoms with Gasteiger partial charge in [0.2, 0.25) is 5.91 Å². The smallest absolute Gasteiger partial charge is 0.424 e. The zero-order valence-corrected chi connectivity index (χ0v) is 32.3. The average Bonchev–Trinajstić information content (AvgIpc) is 3.54. The fourth-order valence-electron chi connectivity index (χ4n) is 5.06. The van der Waals surface area contributed by atoms with Crippen LogP contribution in [-0.4, -0.2) is 39.4 Å². The molecule has 0 heterocycles. The second-order valence-electron chi connectivity index (χ2n) is 13.6. The van der Waals surface area contributed by atoms with E-state index in [0.29, 0.717) is 20.0 Å². The van der Waals surface area contributed by atoms with Crippen LogP contribution < -0.4 is 10.2 Å². The number of anilines is 2. The molecule has 8 nitrogen and oxygen atoms in total. The van der Waals surface area contributed by atoms with Gasteiger partial charge in [-0.05, 0) is 111 Å². The summed E-state index contributed by atoms with van der Waals surface area (Å²) >= 11 is 28.9. The second-order valence-corrected chi connectivity index (χ2v) is 16.7. The Morgan fingerprint density at radius 2 is 1.47 bits per heavy atom. The first-order chi connectivity index (χ1) is 22.5. The highest BCUT2D eigenvalue weighted by Crippen LogP contribution is 2.65. The summed E-state index contributed by atoms with van der Waals surface area (Å²) in [6.07, 6.45) is -2.81. The van der Waals surface area contributed by atoms with Crippen LogP contribution in [-0.2, 0) is 20.7 Å². The summed E-state index contributed by atoms with van der Waals surface area (Å²) in [5.74, 6) is -3.41. The Kier molecular flexibility index (Phi) is 11.4. The number of aryl methyl sites for hydroxylation is 1. The zero-order chi connectivity index (χ0) is 36.8. The Hall–Kier alpha value is -2.89. The third-order valence-corrected chi connectivity index (χ3v) is 9.78. The molecule has 3 aromatic rings. The van der Waals surface area contributed by atoms with Crippen molar-refractivity contribution in [2.24, 2.45) is 5.92 Å². The monoisotopic (exact) mass is 816 g/mol. The van der Waals surface area contributed by atoms with E-state index in [1.54, 1.807) is 59.7 Å². The summed E-state index contributed by atoms with van der Waals surface area (Å²) in [4.78, 5) is 53.8. The Labute approximate surface area is 312 Å². The van der Waals surface area contributed by atoms with E-state index in [1.807, 2.05) is 0 Å². The van der Waals surface area contributed by atoms with Crippen LogP contribution in [0.5, 0.6) is 0 Å². The van der Waals surface area contributed by atoms with Gasteiger partial charge >= 0.3 is 12.2 Å². The third-order valence-electron chi connectivity index (χ3n) is 7.30. The first-order valence-corrected chi connectivity index (χ1v) is 17.3. The first kappa shape index (κ1) is 38.9. The van der Waals surface area contributed by atoms with E-state index in [1.165, 1.54) is 37.3 Å². The fraction of sp³-hybridized carbons (Fsp3) is 0.371. The van der Waals surface area contributed by atoms with Gasteiger partial charge in [-0.25, -0.2) is 14.0 Å². The van der Waals surface area contributed by atoms with Crippen LogP contribution in [0.1, 0.15) is 74.5 Å². The van der Waals surface area contributed by atoms with Crippen LogP contribution in [0.4, 0.5) is 25.4 Å². The van der Waals surface area contributed by atoms with Crippen molar-refractivity contribution in [2.45, 2.75) is 76.3 Å². The first-order valence-electron chi connectivity index (χ1n) is 15.0. The standard InChI is InChI=1S/C35H34BrCl4FN2O6/c1-17-8-9-19(28(41)29(17)43(31(46)48-33(2,3)4)32(47)49-34(5,6)7)15-25(44)21-16-20(11-13-23(21)37)42-30(45)27-26(35(27,39)40)18-10-12-24(38)22(36)14-18/h8-14,16,26-27H,15H2,1-7H3,(H,42,45)/t26-,27+/m0/s1. The van der Waals surface area contributed by atoms with Crippen LogP contribution in [0.2, 0.25) is 10.0 Å². The summed E-state index contributed by atoms with van der Waals surface area (Å²) < 4.78 is 26.3. The van der Waals surface area contributed by atoms with Crippen molar-refractivity contribution in [3.05, 3.63) is 91.1 Å². The van der Waals surface area contributed by atoms with Gasteiger partial charge in [-0.15, -0.1) is 23.2 Å². The molecule has 4 rings (SSSR count). The Morgan fingerprint density at radius 1 is 0.898 bits per heavy atom. The molecule has 0 unspecified atom stereocenters. The highest BCUT2D eigenvalue weighted by Gasteiger charge is 2.67. The molecule has 262 valence electrons. The van der Waals surface area contributed by atoms with E-state index in [-0.39, 0.29) is 27.4 Å². The summed E-state index contributed by atoms with van der Waals surface area (Å²) in [5, 5.41) is 3.28. The van der Waals surface area contributed by atoms with Crippen LogP contribution in [0.25, 0.3) is 0 Å². The number of imide groups is 1. The summed E-state index contributed by atoms with van der Waals surface area (Å²) in [5.41, 5.74) is -1.43. The number of rotatable bonds is 7. The van der Waals surface area contributed by atoms with Gasteiger partial charge in [0.15, 0.2) is 11.6 Å². The lowest BCUT2D eigenvalue weighted by atomic mass is 9.99. The average molecular weight is 819 g/mol. The molecule has 1 fully saturated rings. The molecule has 0 spiro atoms. The van der Waals surface area contributed by atoms with Crippen molar-refractivity contribution in [2.75, 3.05) is 10.2 Å². The van der Waals surface area contributed by atoms with Gasteiger partial charge in [0, 0.05) is 28.1 Å². The van der Waals surface area contributed by atoms with Crippen molar-refractivity contribution < 1.29 is 33.0 Å². The molecule has 0 saturated heterocycles. The topological polar surface area (TPSA) is 102 Å². The molecule has 1 N–H and O–H groups in total. The summed E-state index contributed by atoms with van der Waals surface area (Å²) in [6, 6.07) is 12.3. The SMILES string of the molecule is Cc1ccc(CC(=O)c2cc(NC(=O)[C@H]3[C@H](c4ccc(Cl)c(Br)c4)C3(Cl)Cl)ccc2Cl)c(F)c1N(C(=O)OC(C)(C)C)C(=O)OC(C)(C)C. The molecule has 0 aliphatic heterocycles. The van der Waals surface area contributed by atoms with Gasteiger partial charge in [0.1, 0.15) is 15.5 Å². The third kappa shape index (κ3) is 9.08. The largest absolute Gasteiger partial charge is 0.443 e. The molecule has 0 radical (unpaired) electrons. The number of carbonyl (C=O) groups excluding carboxylic acids is 4. The zero-order valence-electron chi connectivity index (χ0n) is 27.6. The van der Waals surface area contributed by atoms with E-state index in [4.69, 9.17) is 55.9 Å². The van der Waals surface area contributed by atoms with Gasteiger partial charge in [0.05, 0.1) is 21.7 Å². The van der Waals surface area contributed by atoms with Gasteiger partial charge in [-0.2, -0.15) is 4.90 Å². The molecule has 1 aliphatic rings. The number of halogens is 6. The number of benzene rings is 3. The molecule has 2 atom stereocenters. The van der Waals surface area contributed by atoms with E-state index >= 15 is 4.39 Å². The maximum atomic E-state index is 16.3. The molecule has 3 aromatic carbocycles. The van der Waals surface area contributed by atoms with Crippen LogP contribution >= 0.6 is 62.3 Å². The van der Waals surface area contributed by atoms with Gasteiger partial charge in [-0.3, -0.25) is 9.59 Å². The van der Waals surface area contributed by atoms with Crippen molar-refractivity contribution in [3.63, 3.8) is 0 Å². The van der Waals surface area contributed by atoms with Crippen LogP contribution in [0, 0.1) is 18.7 Å². The van der Waals surface area contributed by atoms with Crippen LogP contribution in [0.3, 0.4) is 0 Å². The summed E-state index contributed by atoms with van der Waals surface area (Å²) in [6.45, 7) is 11.1. The molecule has 0 bridgehead atoms. The number of nitrogens with zero attached hydrogens (tertiary/aromatic N) is 1. The minimum Gasteiger partial charge on any atom is -0.443 e. The number of nitrogens with one attached hydrogen (secondary N) is 1. The Bertz CT molecular complexity index is 1810. The van der Waals surface area contributed by atoms with E-state index in [9.17, 15) is 19.2 Å².